The number of aliphatic hydroxyl groups is 1. The third-order valence-corrected chi connectivity index (χ3v) is 5.05. The first kappa shape index (κ1) is 14.1. The molecule has 1 fully saturated rings. The Labute approximate surface area is 122 Å². The molecule has 20 heavy (non-hydrogen) atoms. The Morgan fingerprint density at radius 3 is 2.45 bits per heavy atom. The highest BCUT2D eigenvalue weighted by Crippen LogP contribution is 2.43. The van der Waals surface area contributed by atoms with Crippen LogP contribution in [0.3, 0.4) is 0 Å². The number of fused-ring (bicyclic) bond motifs is 1. The van der Waals surface area contributed by atoms with Gasteiger partial charge in [0.05, 0.1) is 6.10 Å². The number of hydrogen-bond donors (Lipinski definition) is 1. The highest BCUT2D eigenvalue weighted by molar-refractivity contribution is 5.29. The van der Waals surface area contributed by atoms with E-state index in [1.54, 1.807) is 0 Å². The van der Waals surface area contributed by atoms with Gasteiger partial charge in [0, 0.05) is 19.1 Å². The van der Waals surface area contributed by atoms with Gasteiger partial charge < -0.3 is 5.11 Å². The summed E-state index contributed by atoms with van der Waals surface area (Å²) in [7, 11) is 0. The molecule has 1 aliphatic heterocycles. The Balaban J connectivity index is 1.72. The van der Waals surface area contributed by atoms with Crippen LogP contribution in [-0.2, 0) is 13.0 Å². The third-order valence-electron chi connectivity index (χ3n) is 5.05. The van der Waals surface area contributed by atoms with E-state index in [2.05, 4.69) is 49.9 Å². The summed E-state index contributed by atoms with van der Waals surface area (Å²) in [4.78, 5) is 2.49. The van der Waals surface area contributed by atoms with Gasteiger partial charge in [-0.2, -0.15) is 0 Å². The Kier molecular flexibility index (Phi) is 3.64. The maximum atomic E-state index is 10.5. The minimum absolute atomic E-state index is 0.186. The lowest BCUT2D eigenvalue weighted by atomic mass is 9.79. The van der Waals surface area contributed by atoms with Gasteiger partial charge in [0.25, 0.3) is 0 Å². The van der Waals surface area contributed by atoms with Gasteiger partial charge in [-0.3, -0.25) is 4.90 Å². The monoisotopic (exact) mass is 272 g/mol. The van der Waals surface area contributed by atoms with Crippen molar-refractivity contribution in [2.45, 2.75) is 58.7 Å². The first-order chi connectivity index (χ1) is 9.45. The largest absolute Gasteiger partial charge is 0.391 e. The first-order valence-corrected chi connectivity index (χ1v) is 7.79. The van der Waals surface area contributed by atoms with Gasteiger partial charge in [0.15, 0.2) is 0 Å². The zero-order valence-electron chi connectivity index (χ0n) is 12.9. The molecule has 1 aromatic carbocycles. The summed E-state index contributed by atoms with van der Waals surface area (Å²) in [5, 5.41) is 10.5. The number of nitrogens with zero attached hydrogens (tertiary/aromatic N) is 1. The van der Waals surface area contributed by atoms with Crippen molar-refractivity contribution in [3.05, 3.63) is 41.3 Å². The minimum atomic E-state index is -0.186. The van der Waals surface area contributed by atoms with E-state index in [1.165, 1.54) is 17.0 Å². The van der Waals surface area contributed by atoms with E-state index in [1.807, 2.05) is 0 Å². The first-order valence-electron chi connectivity index (χ1n) is 7.79. The maximum absolute atomic E-state index is 10.5. The van der Waals surface area contributed by atoms with E-state index >= 15 is 0 Å². The summed E-state index contributed by atoms with van der Waals surface area (Å²) in [6.07, 6.45) is 2.87. The summed E-state index contributed by atoms with van der Waals surface area (Å²) in [5.41, 5.74) is 3.15. The molecule has 2 nitrogen and oxygen atoms in total. The Morgan fingerprint density at radius 1 is 1.10 bits per heavy atom. The fourth-order valence-corrected chi connectivity index (χ4v) is 3.65. The molecule has 1 saturated carbocycles. The predicted octanol–water partition coefficient (Wildman–Crippen LogP) is 3.19. The van der Waals surface area contributed by atoms with Crippen molar-refractivity contribution >= 4 is 0 Å². The summed E-state index contributed by atoms with van der Waals surface area (Å²) < 4.78 is 0. The Morgan fingerprint density at radius 2 is 1.80 bits per heavy atom. The molecule has 0 spiro atoms. The van der Waals surface area contributed by atoms with Crippen LogP contribution in [0.5, 0.6) is 0 Å². The summed E-state index contributed by atoms with van der Waals surface area (Å²) >= 11 is 0. The molecule has 1 aliphatic carbocycles. The molecule has 109 valence electrons. The second-order valence-electron chi connectivity index (χ2n) is 7.39. The summed E-state index contributed by atoms with van der Waals surface area (Å²) in [6, 6.07) is 9.05. The van der Waals surface area contributed by atoms with Crippen molar-refractivity contribution in [2.75, 3.05) is 6.54 Å². The van der Waals surface area contributed by atoms with Gasteiger partial charge in [-0.05, 0) is 41.7 Å². The average Bonchev–Trinajstić information content (AvgIpc) is 2.80. The maximum Gasteiger partial charge on any atom is 0.0701 e. The predicted molar refractivity (Wildman–Crippen MR) is 82.3 cm³/mol. The number of benzene rings is 1. The molecule has 3 rings (SSSR count). The van der Waals surface area contributed by atoms with E-state index in [-0.39, 0.29) is 11.5 Å². The fourth-order valence-electron chi connectivity index (χ4n) is 3.65. The molecule has 0 amide bonds. The molecule has 1 radical (unpaired) electrons. The van der Waals surface area contributed by atoms with Crippen LogP contribution in [0, 0.1) is 11.3 Å². The van der Waals surface area contributed by atoms with Gasteiger partial charge in [-0.25, -0.2) is 0 Å². The van der Waals surface area contributed by atoms with Crippen LogP contribution in [0.4, 0.5) is 0 Å². The Bertz CT molecular complexity index is 477. The Hall–Kier alpha value is -0.860. The molecule has 2 aliphatic rings. The molecule has 2 atom stereocenters. The lowest BCUT2D eigenvalue weighted by Gasteiger charge is -2.35. The molecular formula is C18H26NO. The lowest BCUT2D eigenvalue weighted by molar-refractivity contribution is 0.0626. The second kappa shape index (κ2) is 5.16. The van der Waals surface area contributed by atoms with Gasteiger partial charge in [-0.1, -0.05) is 45.0 Å². The van der Waals surface area contributed by atoms with Crippen molar-refractivity contribution in [2.24, 2.45) is 5.41 Å². The lowest BCUT2D eigenvalue weighted by Crippen LogP contribution is -2.43. The van der Waals surface area contributed by atoms with Gasteiger partial charge >= 0.3 is 0 Å². The molecule has 2 heteroatoms. The second-order valence-corrected chi connectivity index (χ2v) is 7.39. The van der Waals surface area contributed by atoms with Crippen LogP contribution in [0.25, 0.3) is 0 Å². The van der Waals surface area contributed by atoms with Gasteiger partial charge in [-0.15, -0.1) is 0 Å². The van der Waals surface area contributed by atoms with Crippen molar-refractivity contribution in [3.63, 3.8) is 0 Å². The molecule has 1 heterocycles. The summed E-state index contributed by atoms with van der Waals surface area (Å²) in [5.74, 6) is 1.52. The summed E-state index contributed by atoms with van der Waals surface area (Å²) in [6.45, 7) is 8.88. The van der Waals surface area contributed by atoms with Crippen molar-refractivity contribution < 1.29 is 5.11 Å². The molecule has 0 saturated heterocycles. The number of aliphatic hydroxyl groups excluding tert-OH is 1. The standard InChI is InChI=1S/C18H26NO/c1-18(2,3)15-10-16(17(20)11-15)19-9-8-13-6-4-5-7-14(13)12-19/h4-7,16-17,20H,8-12H2,1-3H3. The van der Waals surface area contributed by atoms with E-state index < -0.39 is 0 Å². The van der Waals surface area contributed by atoms with Crippen LogP contribution in [0.1, 0.15) is 44.7 Å². The van der Waals surface area contributed by atoms with Crippen molar-refractivity contribution in [3.8, 4) is 0 Å². The van der Waals surface area contributed by atoms with Crippen LogP contribution in [0.2, 0.25) is 0 Å². The molecule has 1 aromatic rings. The molecular weight excluding hydrogens is 246 g/mol. The molecule has 2 unspecified atom stereocenters. The van der Waals surface area contributed by atoms with Crippen LogP contribution >= 0.6 is 0 Å². The normalized spacial score (nSPS) is 28.6. The fraction of sp³-hybridized carbons (Fsp3) is 0.611. The molecule has 0 bridgehead atoms. The van der Waals surface area contributed by atoms with Crippen LogP contribution in [0.15, 0.2) is 24.3 Å². The van der Waals surface area contributed by atoms with Crippen LogP contribution in [-0.4, -0.2) is 28.7 Å². The number of rotatable bonds is 1. The van der Waals surface area contributed by atoms with E-state index in [0.717, 1.165) is 32.4 Å². The quantitative estimate of drug-likeness (QED) is 0.848. The average molecular weight is 272 g/mol. The minimum Gasteiger partial charge on any atom is -0.391 e. The molecule has 0 aromatic heterocycles. The highest BCUT2D eigenvalue weighted by Gasteiger charge is 2.42. The van der Waals surface area contributed by atoms with Crippen LogP contribution < -0.4 is 0 Å². The molecule has 1 N–H and O–H groups in total. The zero-order chi connectivity index (χ0) is 14.3. The van der Waals surface area contributed by atoms with E-state index in [0.29, 0.717) is 6.04 Å². The van der Waals surface area contributed by atoms with E-state index in [9.17, 15) is 5.11 Å². The van der Waals surface area contributed by atoms with Crippen molar-refractivity contribution in [1.29, 1.82) is 0 Å². The third kappa shape index (κ3) is 2.64. The topological polar surface area (TPSA) is 23.5 Å². The highest BCUT2D eigenvalue weighted by atomic mass is 16.3. The van der Waals surface area contributed by atoms with E-state index in [4.69, 9.17) is 0 Å². The van der Waals surface area contributed by atoms with Gasteiger partial charge in [0.2, 0.25) is 0 Å². The number of hydrogen-bond acceptors (Lipinski definition) is 2. The zero-order valence-corrected chi connectivity index (χ0v) is 12.9. The van der Waals surface area contributed by atoms with Gasteiger partial charge in [0.1, 0.15) is 0 Å². The smallest absolute Gasteiger partial charge is 0.0701 e. The van der Waals surface area contributed by atoms with Crippen molar-refractivity contribution in [1.82, 2.24) is 4.90 Å². The SMILES string of the molecule is CC(C)(C)[C]1CC(O)C(N2CCc3ccccc3C2)C1.